The second kappa shape index (κ2) is 6.66. The molecule has 0 aliphatic carbocycles. The van der Waals surface area contributed by atoms with E-state index in [1.165, 1.54) is 17.7 Å². The molecular formula is C16H14ClFN4. The van der Waals surface area contributed by atoms with Gasteiger partial charge in [0.1, 0.15) is 11.5 Å². The van der Waals surface area contributed by atoms with Crippen molar-refractivity contribution >= 4 is 11.6 Å². The number of benzene rings is 1. The molecule has 0 amide bonds. The first-order valence-corrected chi connectivity index (χ1v) is 7.34. The van der Waals surface area contributed by atoms with Crippen molar-refractivity contribution in [1.29, 1.82) is 0 Å². The summed E-state index contributed by atoms with van der Waals surface area (Å²) in [4.78, 5) is 3.99. The minimum Gasteiger partial charge on any atom is -0.265 e. The fraction of sp³-hybridized carbons (Fsp3) is 0.188. The molecule has 0 saturated heterocycles. The third kappa shape index (κ3) is 3.49. The van der Waals surface area contributed by atoms with Gasteiger partial charge in [0.05, 0.1) is 11.2 Å². The van der Waals surface area contributed by atoms with Gasteiger partial charge in [-0.1, -0.05) is 22.9 Å². The zero-order valence-electron chi connectivity index (χ0n) is 11.8. The molecule has 6 heteroatoms. The van der Waals surface area contributed by atoms with Crippen LogP contribution < -0.4 is 0 Å². The first kappa shape index (κ1) is 14.7. The highest BCUT2D eigenvalue weighted by molar-refractivity contribution is 6.30. The van der Waals surface area contributed by atoms with E-state index in [0.29, 0.717) is 11.3 Å². The van der Waals surface area contributed by atoms with E-state index in [-0.39, 0.29) is 5.02 Å². The van der Waals surface area contributed by atoms with Crippen molar-refractivity contribution in [3.63, 3.8) is 0 Å². The van der Waals surface area contributed by atoms with Crippen LogP contribution in [0.5, 0.6) is 0 Å². The molecule has 2 heterocycles. The SMILES string of the molecule is Fc1cc(-c2cn(CCCc3ccncc3)nn2)ccc1Cl. The van der Waals surface area contributed by atoms with Crippen LogP contribution in [0.4, 0.5) is 4.39 Å². The van der Waals surface area contributed by atoms with Crippen LogP contribution in [0.1, 0.15) is 12.0 Å². The number of halogens is 2. The average molecular weight is 317 g/mol. The van der Waals surface area contributed by atoms with E-state index in [4.69, 9.17) is 11.6 Å². The summed E-state index contributed by atoms with van der Waals surface area (Å²) in [6.07, 6.45) is 7.29. The van der Waals surface area contributed by atoms with Gasteiger partial charge in [0.25, 0.3) is 0 Å². The van der Waals surface area contributed by atoms with E-state index in [2.05, 4.69) is 15.3 Å². The number of nitrogens with zero attached hydrogens (tertiary/aromatic N) is 4. The van der Waals surface area contributed by atoms with Gasteiger partial charge in [-0.3, -0.25) is 9.67 Å². The largest absolute Gasteiger partial charge is 0.265 e. The van der Waals surface area contributed by atoms with Crippen molar-refractivity contribution in [2.24, 2.45) is 0 Å². The van der Waals surface area contributed by atoms with Crippen LogP contribution in [-0.2, 0) is 13.0 Å². The summed E-state index contributed by atoms with van der Waals surface area (Å²) in [6.45, 7) is 0.755. The molecule has 0 radical (unpaired) electrons. The van der Waals surface area contributed by atoms with Crippen LogP contribution in [0.15, 0.2) is 48.9 Å². The Balaban J connectivity index is 1.62. The van der Waals surface area contributed by atoms with E-state index in [1.54, 1.807) is 23.1 Å². The van der Waals surface area contributed by atoms with Gasteiger partial charge in [-0.25, -0.2) is 4.39 Å². The highest BCUT2D eigenvalue weighted by Gasteiger charge is 2.07. The quantitative estimate of drug-likeness (QED) is 0.719. The van der Waals surface area contributed by atoms with Gasteiger partial charge in [-0.15, -0.1) is 5.10 Å². The minimum absolute atomic E-state index is 0.105. The smallest absolute Gasteiger partial charge is 0.142 e. The van der Waals surface area contributed by atoms with E-state index in [0.717, 1.165) is 19.4 Å². The summed E-state index contributed by atoms with van der Waals surface area (Å²) in [6, 6.07) is 8.63. The van der Waals surface area contributed by atoms with Gasteiger partial charge in [0.2, 0.25) is 0 Å². The highest BCUT2D eigenvalue weighted by atomic mass is 35.5. The fourth-order valence-corrected chi connectivity index (χ4v) is 2.31. The maximum atomic E-state index is 13.5. The number of aromatic nitrogens is 4. The van der Waals surface area contributed by atoms with Crippen molar-refractivity contribution in [2.45, 2.75) is 19.4 Å². The van der Waals surface area contributed by atoms with Crippen molar-refractivity contribution in [3.8, 4) is 11.3 Å². The van der Waals surface area contributed by atoms with Gasteiger partial charge in [0, 0.05) is 24.5 Å². The molecule has 2 aromatic heterocycles. The molecule has 0 atom stereocenters. The lowest BCUT2D eigenvalue weighted by Gasteiger charge is -2.01. The van der Waals surface area contributed by atoms with Gasteiger partial charge >= 0.3 is 0 Å². The molecular weight excluding hydrogens is 303 g/mol. The second-order valence-corrected chi connectivity index (χ2v) is 5.36. The Morgan fingerprint density at radius 2 is 1.95 bits per heavy atom. The molecule has 1 aromatic carbocycles. The Bertz CT molecular complexity index is 758. The Kier molecular flexibility index (Phi) is 4.44. The molecule has 4 nitrogen and oxygen atoms in total. The molecule has 0 unspecified atom stereocenters. The molecule has 3 rings (SSSR count). The lowest BCUT2D eigenvalue weighted by molar-refractivity contribution is 0.558. The van der Waals surface area contributed by atoms with Crippen molar-refractivity contribution in [2.75, 3.05) is 0 Å². The molecule has 0 N–H and O–H groups in total. The van der Waals surface area contributed by atoms with Gasteiger partial charge in [-0.2, -0.15) is 0 Å². The van der Waals surface area contributed by atoms with Crippen LogP contribution in [0.3, 0.4) is 0 Å². The molecule has 112 valence electrons. The molecule has 0 spiro atoms. The maximum absolute atomic E-state index is 13.5. The van der Waals surface area contributed by atoms with Crippen LogP contribution in [-0.4, -0.2) is 20.0 Å². The van der Waals surface area contributed by atoms with Crippen LogP contribution >= 0.6 is 11.6 Å². The van der Waals surface area contributed by atoms with Crippen molar-refractivity contribution < 1.29 is 4.39 Å². The first-order valence-electron chi connectivity index (χ1n) is 6.97. The predicted octanol–water partition coefficient (Wildman–Crippen LogP) is 3.77. The lowest BCUT2D eigenvalue weighted by atomic mass is 10.1. The summed E-state index contributed by atoms with van der Waals surface area (Å²) >= 11 is 5.68. The summed E-state index contributed by atoms with van der Waals surface area (Å²) in [7, 11) is 0. The predicted molar refractivity (Wildman–Crippen MR) is 83.0 cm³/mol. The third-order valence-electron chi connectivity index (χ3n) is 3.36. The lowest BCUT2D eigenvalue weighted by Crippen LogP contribution is -2.00. The molecule has 0 fully saturated rings. The molecule has 0 bridgehead atoms. The van der Waals surface area contributed by atoms with Gasteiger partial charge < -0.3 is 0 Å². The van der Waals surface area contributed by atoms with Gasteiger partial charge in [-0.05, 0) is 42.7 Å². The Morgan fingerprint density at radius 1 is 1.14 bits per heavy atom. The van der Waals surface area contributed by atoms with Crippen molar-refractivity contribution in [3.05, 3.63) is 65.3 Å². The summed E-state index contributed by atoms with van der Waals surface area (Å²) in [5, 5.41) is 8.26. The van der Waals surface area contributed by atoms with E-state index in [9.17, 15) is 4.39 Å². The number of hydrogen-bond donors (Lipinski definition) is 0. The number of rotatable bonds is 5. The summed E-state index contributed by atoms with van der Waals surface area (Å²) in [5.74, 6) is -0.452. The Hall–Kier alpha value is -2.27. The normalized spacial score (nSPS) is 10.8. The Labute approximate surface area is 132 Å². The average Bonchev–Trinajstić information content (AvgIpc) is 3.00. The minimum atomic E-state index is -0.452. The van der Waals surface area contributed by atoms with E-state index in [1.807, 2.05) is 18.3 Å². The maximum Gasteiger partial charge on any atom is 0.142 e. The molecule has 0 aliphatic heterocycles. The highest BCUT2D eigenvalue weighted by Crippen LogP contribution is 2.22. The molecule has 22 heavy (non-hydrogen) atoms. The van der Waals surface area contributed by atoms with E-state index >= 15 is 0 Å². The fourth-order valence-electron chi connectivity index (χ4n) is 2.19. The third-order valence-corrected chi connectivity index (χ3v) is 3.66. The van der Waals surface area contributed by atoms with Crippen LogP contribution in [0, 0.1) is 5.82 Å². The van der Waals surface area contributed by atoms with Crippen LogP contribution in [0.2, 0.25) is 5.02 Å². The van der Waals surface area contributed by atoms with E-state index < -0.39 is 5.82 Å². The number of aryl methyl sites for hydroxylation is 2. The number of pyridine rings is 1. The number of hydrogen-bond acceptors (Lipinski definition) is 3. The topological polar surface area (TPSA) is 43.6 Å². The summed E-state index contributed by atoms with van der Waals surface area (Å²) < 4.78 is 15.2. The molecule has 0 saturated carbocycles. The first-order chi connectivity index (χ1) is 10.7. The summed E-state index contributed by atoms with van der Waals surface area (Å²) in [5.41, 5.74) is 2.55. The monoisotopic (exact) mass is 316 g/mol. The molecule has 3 aromatic rings. The van der Waals surface area contributed by atoms with Gasteiger partial charge in [0.15, 0.2) is 0 Å². The molecule has 0 aliphatic rings. The van der Waals surface area contributed by atoms with Crippen LogP contribution in [0.25, 0.3) is 11.3 Å². The zero-order chi connectivity index (χ0) is 15.4. The zero-order valence-corrected chi connectivity index (χ0v) is 12.5. The van der Waals surface area contributed by atoms with Crippen molar-refractivity contribution in [1.82, 2.24) is 20.0 Å². The standard InChI is InChI=1S/C16H14ClFN4/c17-14-4-3-13(10-15(14)18)16-11-22(21-20-16)9-1-2-12-5-7-19-8-6-12/h3-8,10-11H,1-2,9H2. The second-order valence-electron chi connectivity index (χ2n) is 4.95. The Morgan fingerprint density at radius 3 is 2.73 bits per heavy atom.